The molecule has 0 aliphatic rings. The van der Waals surface area contributed by atoms with E-state index in [1.807, 2.05) is 0 Å². The summed E-state index contributed by atoms with van der Waals surface area (Å²) < 4.78 is 18.6. The van der Waals surface area contributed by atoms with Gasteiger partial charge in [0.15, 0.2) is 11.6 Å². The molecule has 0 saturated heterocycles. The molecule has 6 nitrogen and oxygen atoms in total. The predicted molar refractivity (Wildman–Crippen MR) is 86.5 cm³/mol. The monoisotopic (exact) mass is 348 g/mol. The molecule has 0 bridgehead atoms. The number of carbonyl (C=O) groups excluding carboxylic acids is 1. The average molecular weight is 349 g/mol. The number of amides is 1. The van der Waals surface area contributed by atoms with Crippen LogP contribution in [-0.2, 0) is 9.59 Å². The quantitative estimate of drug-likeness (QED) is 0.732. The third-order valence-electron chi connectivity index (χ3n) is 3.06. The topological polar surface area (TPSA) is 70.1 Å². The lowest BCUT2D eigenvalue weighted by Crippen LogP contribution is -2.39. The molecule has 0 atom stereocenters. The van der Waals surface area contributed by atoms with E-state index < -0.39 is 11.8 Å². The largest absolute Gasteiger partial charge is 0.489 e. The summed E-state index contributed by atoms with van der Waals surface area (Å²) in [5, 5.41) is 8.58. The van der Waals surface area contributed by atoms with Gasteiger partial charge in [-0.2, -0.15) is 0 Å². The second-order valence-electron chi connectivity index (χ2n) is 4.98. The Hall–Kier alpha value is -1.86. The Morgan fingerprint density at radius 1 is 1.22 bits per heavy atom. The number of carbonyl (C=O) groups is 2. The van der Waals surface area contributed by atoms with Crippen molar-refractivity contribution >= 4 is 24.3 Å². The highest BCUT2D eigenvalue weighted by Crippen LogP contribution is 2.14. The smallest absolute Gasteiger partial charge is 0.304 e. The van der Waals surface area contributed by atoms with Crippen LogP contribution in [0.4, 0.5) is 4.39 Å². The maximum Gasteiger partial charge on any atom is 0.304 e. The molecule has 0 aliphatic carbocycles. The Morgan fingerprint density at radius 2 is 1.87 bits per heavy atom. The first-order chi connectivity index (χ1) is 10.4. The lowest BCUT2D eigenvalue weighted by Gasteiger charge is -2.21. The maximum atomic E-state index is 13.3. The van der Waals surface area contributed by atoms with Crippen LogP contribution in [-0.4, -0.2) is 67.1 Å². The molecule has 0 saturated carbocycles. The number of rotatable bonds is 9. The van der Waals surface area contributed by atoms with Gasteiger partial charge in [0.2, 0.25) is 5.91 Å². The number of benzene rings is 1. The zero-order valence-electron chi connectivity index (χ0n) is 13.2. The minimum atomic E-state index is -0.897. The van der Waals surface area contributed by atoms with Crippen molar-refractivity contribution in [2.24, 2.45) is 0 Å². The van der Waals surface area contributed by atoms with E-state index in [9.17, 15) is 14.0 Å². The van der Waals surface area contributed by atoms with Gasteiger partial charge < -0.3 is 14.7 Å². The molecule has 0 aromatic heterocycles. The van der Waals surface area contributed by atoms with Crippen molar-refractivity contribution in [3.05, 3.63) is 30.1 Å². The van der Waals surface area contributed by atoms with Crippen molar-refractivity contribution in [2.45, 2.75) is 6.42 Å². The molecule has 1 rings (SSSR count). The number of carboxylic acid groups (broad SMARTS) is 1. The van der Waals surface area contributed by atoms with Crippen LogP contribution < -0.4 is 4.74 Å². The van der Waals surface area contributed by atoms with Crippen LogP contribution in [0.5, 0.6) is 5.75 Å². The summed E-state index contributed by atoms with van der Waals surface area (Å²) >= 11 is 0. The molecule has 23 heavy (non-hydrogen) atoms. The minimum absolute atomic E-state index is 0. The highest BCUT2D eigenvalue weighted by Gasteiger charge is 2.12. The lowest BCUT2D eigenvalue weighted by atomic mass is 10.3. The van der Waals surface area contributed by atoms with Gasteiger partial charge in [0.1, 0.15) is 6.61 Å². The molecule has 0 aliphatic heterocycles. The molecule has 1 aromatic carbocycles. The van der Waals surface area contributed by atoms with E-state index in [0.717, 1.165) is 0 Å². The Kier molecular flexibility index (Phi) is 9.92. The van der Waals surface area contributed by atoms with E-state index >= 15 is 0 Å². The van der Waals surface area contributed by atoms with Crippen LogP contribution in [0, 0.1) is 5.82 Å². The zero-order valence-corrected chi connectivity index (χ0v) is 14.0. The van der Waals surface area contributed by atoms with Gasteiger partial charge in [0.05, 0.1) is 19.5 Å². The summed E-state index contributed by atoms with van der Waals surface area (Å²) in [5.41, 5.74) is 0. The summed E-state index contributed by atoms with van der Waals surface area (Å²) in [6.07, 6.45) is -0.0100. The molecule has 8 heteroatoms. The highest BCUT2D eigenvalue weighted by atomic mass is 35.5. The number of likely N-dealkylation sites (N-methyl/N-ethyl adjacent to an activating group) is 2. The minimum Gasteiger partial charge on any atom is -0.489 e. The number of nitrogens with zero attached hydrogens (tertiary/aromatic N) is 2. The zero-order chi connectivity index (χ0) is 16.5. The molecule has 0 spiro atoms. The van der Waals surface area contributed by atoms with E-state index in [4.69, 9.17) is 9.84 Å². The molecule has 130 valence electrons. The summed E-state index contributed by atoms with van der Waals surface area (Å²) in [6, 6.07) is 6.08. The summed E-state index contributed by atoms with van der Waals surface area (Å²) in [6.45, 7) is 0.937. The summed E-state index contributed by atoms with van der Waals surface area (Å²) in [4.78, 5) is 25.5. The van der Waals surface area contributed by atoms with Crippen LogP contribution in [0.2, 0.25) is 0 Å². The van der Waals surface area contributed by atoms with Gasteiger partial charge in [-0.15, -0.1) is 12.4 Å². The number of hydrogen-bond donors (Lipinski definition) is 1. The first kappa shape index (κ1) is 21.1. The predicted octanol–water partition coefficient (Wildman–Crippen LogP) is 1.49. The van der Waals surface area contributed by atoms with Crippen molar-refractivity contribution in [2.75, 3.05) is 40.3 Å². The van der Waals surface area contributed by atoms with E-state index in [1.165, 1.54) is 17.0 Å². The van der Waals surface area contributed by atoms with Gasteiger partial charge in [0.25, 0.3) is 0 Å². The van der Waals surface area contributed by atoms with Crippen molar-refractivity contribution in [1.29, 1.82) is 0 Å². The highest BCUT2D eigenvalue weighted by molar-refractivity contribution is 5.85. The van der Waals surface area contributed by atoms with Crippen LogP contribution in [0.25, 0.3) is 0 Å². The van der Waals surface area contributed by atoms with Gasteiger partial charge in [0, 0.05) is 13.6 Å². The van der Waals surface area contributed by atoms with Crippen LogP contribution in [0.1, 0.15) is 6.42 Å². The number of carboxylic acids is 1. The van der Waals surface area contributed by atoms with Gasteiger partial charge in [-0.25, -0.2) is 4.39 Å². The molecular weight excluding hydrogens is 327 g/mol. The van der Waals surface area contributed by atoms with Crippen molar-refractivity contribution in [3.63, 3.8) is 0 Å². The Bertz CT molecular complexity index is 516. The van der Waals surface area contributed by atoms with Crippen molar-refractivity contribution in [3.8, 4) is 5.75 Å². The standard InChI is InChI=1S/C15H21FN2O4.ClH/c1-17(8-7-15(20)21)11-14(19)18(2)9-10-22-13-6-4-3-5-12(13)16;/h3-6H,7-11H2,1-2H3,(H,20,21);1H. The normalized spacial score (nSPS) is 10.1. The number of hydrogen-bond acceptors (Lipinski definition) is 4. The van der Waals surface area contributed by atoms with E-state index in [2.05, 4.69) is 0 Å². The third-order valence-corrected chi connectivity index (χ3v) is 3.06. The number of ether oxygens (including phenoxy) is 1. The number of para-hydroxylation sites is 1. The van der Waals surface area contributed by atoms with Gasteiger partial charge >= 0.3 is 5.97 Å². The summed E-state index contributed by atoms with van der Waals surface area (Å²) in [7, 11) is 3.31. The molecule has 0 heterocycles. The van der Waals surface area contributed by atoms with Crippen molar-refractivity contribution in [1.82, 2.24) is 9.80 Å². The van der Waals surface area contributed by atoms with Crippen molar-refractivity contribution < 1.29 is 23.8 Å². The van der Waals surface area contributed by atoms with E-state index in [-0.39, 0.29) is 43.6 Å². The van der Waals surface area contributed by atoms with Crippen LogP contribution in [0.3, 0.4) is 0 Å². The third kappa shape index (κ3) is 8.37. The Balaban J connectivity index is 0.00000484. The van der Waals surface area contributed by atoms with Gasteiger partial charge in [-0.3, -0.25) is 14.5 Å². The summed E-state index contributed by atoms with van der Waals surface area (Å²) in [5.74, 6) is -1.33. The fourth-order valence-electron chi connectivity index (χ4n) is 1.70. The molecule has 1 N–H and O–H groups in total. The van der Waals surface area contributed by atoms with E-state index in [1.54, 1.807) is 31.1 Å². The SMILES string of the molecule is CN(CCC(=O)O)CC(=O)N(C)CCOc1ccccc1F.Cl. The Labute approximate surface area is 141 Å². The fraction of sp³-hybridized carbons (Fsp3) is 0.467. The van der Waals surface area contributed by atoms with Crippen LogP contribution >= 0.6 is 12.4 Å². The molecule has 1 amide bonds. The maximum absolute atomic E-state index is 13.3. The van der Waals surface area contributed by atoms with E-state index in [0.29, 0.717) is 13.1 Å². The Morgan fingerprint density at radius 3 is 2.48 bits per heavy atom. The second-order valence-corrected chi connectivity index (χ2v) is 4.98. The first-order valence-electron chi connectivity index (χ1n) is 6.91. The van der Waals surface area contributed by atoms with Gasteiger partial charge in [-0.1, -0.05) is 12.1 Å². The van der Waals surface area contributed by atoms with Gasteiger partial charge in [-0.05, 0) is 19.2 Å². The lowest BCUT2D eigenvalue weighted by molar-refractivity contribution is -0.138. The average Bonchev–Trinajstić information content (AvgIpc) is 2.47. The second kappa shape index (κ2) is 10.8. The van der Waals surface area contributed by atoms with Crippen LogP contribution in [0.15, 0.2) is 24.3 Å². The molecule has 0 unspecified atom stereocenters. The molecule has 0 fully saturated rings. The molecule has 0 radical (unpaired) electrons. The number of halogens is 2. The first-order valence-corrected chi connectivity index (χ1v) is 6.91. The molecular formula is C15H22ClFN2O4. The molecule has 1 aromatic rings. The number of aliphatic carboxylic acids is 1. The fourth-order valence-corrected chi connectivity index (χ4v) is 1.70.